The molecule has 2 aromatic carbocycles. The molecule has 2 N–H and O–H groups in total. The minimum Gasteiger partial charge on any atom is -0.497 e. The summed E-state index contributed by atoms with van der Waals surface area (Å²) in [6.07, 6.45) is 1.68. The monoisotopic (exact) mass is 337 g/mol. The Hall–Kier alpha value is -3.28. The Balaban J connectivity index is 1.77. The van der Waals surface area contributed by atoms with Crippen LogP contribution in [0.2, 0.25) is 0 Å². The van der Waals surface area contributed by atoms with E-state index in [4.69, 9.17) is 9.47 Å². The van der Waals surface area contributed by atoms with E-state index >= 15 is 0 Å². The van der Waals surface area contributed by atoms with Gasteiger partial charge in [-0.1, -0.05) is 6.07 Å². The van der Waals surface area contributed by atoms with Crippen molar-refractivity contribution in [2.24, 2.45) is 0 Å². The van der Waals surface area contributed by atoms with E-state index in [1.165, 1.54) is 0 Å². The molecule has 0 aliphatic rings. The SMILES string of the molecule is CCOc1ccc(NC(=O)Nc2cc(OC)cc3cccnc23)cc1. The van der Waals surface area contributed by atoms with Gasteiger partial charge in [-0.15, -0.1) is 0 Å². The summed E-state index contributed by atoms with van der Waals surface area (Å²) < 4.78 is 10.7. The molecule has 6 heteroatoms. The zero-order chi connectivity index (χ0) is 17.6. The van der Waals surface area contributed by atoms with Gasteiger partial charge in [0.1, 0.15) is 11.5 Å². The predicted molar refractivity (Wildman–Crippen MR) is 98.5 cm³/mol. The Morgan fingerprint density at radius 2 is 1.88 bits per heavy atom. The maximum Gasteiger partial charge on any atom is 0.323 e. The first-order valence-electron chi connectivity index (χ1n) is 7.93. The van der Waals surface area contributed by atoms with Crippen LogP contribution >= 0.6 is 0 Å². The molecule has 128 valence electrons. The van der Waals surface area contributed by atoms with Gasteiger partial charge in [-0.05, 0) is 43.3 Å². The third-order valence-corrected chi connectivity index (χ3v) is 3.59. The van der Waals surface area contributed by atoms with Crippen LogP contribution in [-0.2, 0) is 0 Å². The summed E-state index contributed by atoms with van der Waals surface area (Å²) >= 11 is 0. The smallest absolute Gasteiger partial charge is 0.323 e. The van der Waals surface area contributed by atoms with Crippen LogP contribution in [0.3, 0.4) is 0 Å². The molecule has 0 fully saturated rings. The highest BCUT2D eigenvalue weighted by atomic mass is 16.5. The summed E-state index contributed by atoms with van der Waals surface area (Å²) in [6, 6.07) is 14.2. The summed E-state index contributed by atoms with van der Waals surface area (Å²) in [5.41, 5.74) is 1.95. The van der Waals surface area contributed by atoms with Gasteiger partial charge in [0, 0.05) is 23.3 Å². The van der Waals surface area contributed by atoms with Crippen molar-refractivity contribution in [1.29, 1.82) is 0 Å². The molecule has 0 radical (unpaired) electrons. The van der Waals surface area contributed by atoms with Crippen molar-refractivity contribution in [3.63, 3.8) is 0 Å². The highest BCUT2D eigenvalue weighted by molar-refractivity contribution is 6.05. The number of aromatic nitrogens is 1. The van der Waals surface area contributed by atoms with E-state index < -0.39 is 0 Å². The third-order valence-electron chi connectivity index (χ3n) is 3.59. The van der Waals surface area contributed by atoms with Crippen molar-refractivity contribution >= 4 is 28.3 Å². The molecule has 25 heavy (non-hydrogen) atoms. The lowest BCUT2D eigenvalue weighted by Crippen LogP contribution is -2.19. The number of hydrogen-bond donors (Lipinski definition) is 2. The molecule has 3 rings (SSSR count). The number of pyridine rings is 1. The van der Waals surface area contributed by atoms with Gasteiger partial charge < -0.3 is 20.1 Å². The number of hydrogen-bond acceptors (Lipinski definition) is 4. The molecule has 1 aromatic heterocycles. The van der Waals surface area contributed by atoms with E-state index in [0.29, 0.717) is 29.2 Å². The van der Waals surface area contributed by atoms with E-state index in [-0.39, 0.29) is 6.03 Å². The molecule has 6 nitrogen and oxygen atoms in total. The third kappa shape index (κ3) is 3.98. The Bertz CT molecular complexity index is 879. The number of nitrogens with zero attached hydrogens (tertiary/aromatic N) is 1. The first kappa shape index (κ1) is 16.6. The maximum atomic E-state index is 12.3. The number of amides is 2. The first-order chi connectivity index (χ1) is 12.2. The van der Waals surface area contributed by atoms with Crippen LogP contribution in [0.4, 0.5) is 16.2 Å². The van der Waals surface area contributed by atoms with Gasteiger partial charge in [-0.2, -0.15) is 0 Å². The fourth-order valence-corrected chi connectivity index (χ4v) is 2.46. The van der Waals surface area contributed by atoms with Gasteiger partial charge in [-0.25, -0.2) is 4.79 Å². The van der Waals surface area contributed by atoms with Gasteiger partial charge in [0.25, 0.3) is 0 Å². The summed E-state index contributed by atoms with van der Waals surface area (Å²) in [7, 11) is 1.58. The summed E-state index contributed by atoms with van der Waals surface area (Å²) in [4.78, 5) is 16.6. The second-order valence-electron chi connectivity index (χ2n) is 5.29. The van der Waals surface area contributed by atoms with Gasteiger partial charge in [0.2, 0.25) is 0 Å². The standard InChI is InChI=1S/C19H19N3O3/c1-3-25-15-8-6-14(7-9-15)21-19(23)22-17-12-16(24-2)11-13-5-4-10-20-18(13)17/h4-12H,3H2,1-2H3,(H2,21,22,23). The van der Waals surface area contributed by atoms with Gasteiger partial charge in [0.15, 0.2) is 0 Å². The fraction of sp³-hybridized carbons (Fsp3) is 0.158. The number of rotatable bonds is 5. The largest absolute Gasteiger partial charge is 0.497 e. The normalized spacial score (nSPS) is 10.3. The average molecular weight is 337 g/mol. The zero-order valence-electron chi connectivity index (χ0n) is 14.1. The number of urea groups is 1. The predicted octanol–water partition coefficient (Wildman–Crippen LogP) is 4.29. The first-order valence-corrected chi connectivity index (χ1v) is 7.93. The molecule has 0 aliphatic carbocycles. The molecule has 0 spiro atoms. The van der Waals surface area contributed by atoms with Crippen molar-refractivity contribution in [3.8, 4) is 11.5 Å². The molecule has 0 saturated carbocycles. The van der Waals surface area contributed by atoms with Crippen LogP contribution in [0.5, 0.6) is 11.5 Å². The van der Waals surface area contributed by atoms with E-state index in [2.05, 4.69) is 15.6 Å². The second kappa shape index (κ2) is 7.53. The van der Waals surface area contributed by atoms with Crippen LogP contribution in [0.25, 0.3) is 10.9 Å². The van der Waals surface area contributed by atoms with E-state index in [1.807, 2.05) is 37.3 Å². The molecule has 0 atom stereocenters. The van der Waals surface area contributed by atoms with E-state index in [0.717, 1.165) is 11.1 Å². The van der Waals surface area contributed by atoms with Crippen LogP contribution in [0, 0.1) is 0 Å². The summed E-state index contributed by atoms with van der Waals surface area (Å²) in [6.45, 7) is 2.52. The Labute approximate surface area is 145 Å². The quantitative estimate of drug-likeness (QED) is 0.728. The van der Waals surface area contributed by atoms with Crippen LogP contribution in [0.1, 0.15) is 6.92 Å². The fourth-order valence-electron chi connectivity index (χ4n) is 2.46. The van der Waals surface area contributed by atoms with Gasteiger partial charge >= 0.3 is 6.03 Å². The highest BCUT2D eigenvalue weighted by Gasteiger charge is 2.09. The molecule has 0 saturated heterocycles. The van der Waals surface area contributed by atoms with Gasteiger partial charge in [0.05, 0.1) is 24.9 Å². The zero-order valence-corrected chi connectivity index (χ0v) is 14.1. The Morgan fingerprint density at radius 3 is 2.60 bits per heavy atom. The van der Waals surface area contributed by atoms with Crippen molar-refractivity contribution in [3.05, 3.63) is 54.7 Å². The van der Waals surface area contributed by atoms with E-state index in [1.54, 1.807) is 31.5 Å². The number of fused-ring (bicyclic) bond motifs is 1. The lowest BCUT2D eigenvalue weighted by molar-refractivity contribution is 0.262. The number of nitrogens with one attached hydrogen (secondary N) is 2. The number of benzene rings is 2. The highest BCUT2D eigenvalue weighted by Crippen LogP contribution is 2.27. The number of anilines is 2. The topological polar surface area (TPSA) is 72.5 Å². The number of carbonyl (C=O) groups is 1. The number of carbonyl (C=O) groups excluding carboxylic acids is 1. The summed E-state index contributed by atoms with van der Waals surface area (Å²) in [5, 5.41) is 6.50. The van der Waals surface area contributed by atoms with Crippen LogP contribution in [0.15, 0.2) is 54.7 Å². The minimum atomic E-state index is -0.357. The molecular weight excluding hydrogens is 318 g/mol. The second-order valence-corrected chi connectivity index (χ2v) is 5.29. The average Bonchev–Trinajstić information content (AvgIpc) is 2.63. The lowest BCUT2D eigenvalue weighted by atomic mass is 10.2. The molecule has 0 unspecified atom stereocenters. The van der Waals surface area contributed by atoms with Crippen molar-refractivity contribution in [2.75, 3.05) is 24.4 Å². The van der Waals surface area contributed by atoms with E-state index in [9.17, 15) is 4.79 Å². The van der Waals surface area contributed by atoms with Crippen molar-refractivity contribution in [1.82, 2.24) is 4.98 Å². The molecule has 2 amide bonds. The molecule has 3 aromatic rings. The lowest BCUT2D eigenvalue weighted by Gasteiger charge is -2.12. The van der Waals surface area contributed by atoms with Crippen LogP contribution in [-0.4, -0.2) is 24.7 Å². The minimum absolute atomic E-state index is 0.357. The molecule has 1 heterocycles. The molecule has 0 bridgehead atoms. The molecular formula is C19H19N3O3. The van der Waals surface area contributed by atoms with Crippen molar-refractivity contribution < 1.29 is 14.3 Å². The summed E-state index contributed by atoms with van der Waals surface area (Å²) in [5.74, 6) is 1.41. The number of methoxy groups -OCH3 is 1. The Morgan fingerprint density at radius 1 is 1.08 bits per heavy atom. The molecule has 0 aliphatic heterocycles. The van der Waals surface area contributed by atoms with Crippen molar-refractivity contribution in [2.45, 2.75) is 6.92 Å². The number of ether oxygens (including phenoxy) is 2. The van der Waals surface area contributed by atoms with Gasteiger partial charge in [-0.3, -0.25) is 4.98 Å². The van der Waals surface area contributed by atoms with Crippen LogP contribution < -0.4 is 20.1 Å². The Kier molecular flexibility index (Phi) is 4.99. The maximum absolute atomic E-state index is 12.3.